The minimum atomic E-state index is -0.309. The molecule has 0 radical (unpaired) electrons. The lowest BCUT2D eigenvalue weighted by Crippen LogP contribution is -2.39. The summed E-state index contributed by atoms with van der Waals surface area (Å²) in [4.78, 5) is 17.4. The van der Waals surface area contributed by atoms with Crippen LogP contribution in [0.3, 0.4) is 0 Å². The Bertz CT molecular complexity index is 367. The van der Waals surface area contributed by atoms with Crippen LogP contribution >= 0.6 is 0 Å². The number of hydrogen-bond acceptors (Lipinski definition) is 4. The fraction of sp³-hybridized carbons (Fsp3) is 0.455. The topological polar surface area (TPSA) is 71.2 Å². The van der Waals surface area contributed by atoms with Crippen molar-refractivity contribution >= 4 is 17.4 Å². The second kappa shape index (κ2) is 5.34. The summed E-state index contributed by atoms with van der Waals surface area (Å²) >= 11 is 0. The molecule has 1 atom stereocenters. The smallest absolute Gasteiger partial charge is 0.244 e. The van der Waals surface area contributed by atoms with Crippen LogP contribution in [-0.2, 0) is 4.79 Å². The Hall–Kier alpha value is -1.78. The second-order valence-electron chi connectivity index (χ2n) is 3.65. The van der Waals surface area contributed by atoms with Gasteiger partial charge in [0.1, 0.15) is 11.9 Å². The van der Waals surface area contributed by atoms with Gasteiger partial charge in [0.25, 0.3) is 0 Å². The van der Waals surface area contributed by atoms with E-state index in [1.165, 1.54) is 0 Å². The molecule has 0 saturated heterocycles. The number of nitrogens with zero attached hydrogens (tertiary/aromatic N) is 2. The first kappa shape index (κ1) is 12.3. The normalized spacial score (nSPS) is 11.9. The maximum absolute atomic E-state index is 11.8. The van der Waals surface area contributed by atoms with Crippen molar-refractivity contribution in [3.05, 3.63) is 18.3 Å². The van der Waals surface area contributed by atoms with Gasteiger partial charge in [-0.2, -0.15) is 0 Å². The molecule has 1 aromatic heterocycles. The average molecular weight is 222 g/mol. The molecule has 5 heteroatoms. The van der Waals surface area contributed by atoms with Crippen molar-refractivity contribution in [1.82, 2.24) is 9.88 Å². The molecule has 0 fully saturated rings. The number of hydrogen-bond donors (Lipinski definition) is 2. The van der Waals surface area contributed by atoms with Gasteiger partial charge >= 0.3 is 0 Å². The molecule has 1 unspecified atom stereocenters. The SMILES string of the molecule is CCN(C)C(=O)C(C)Nc1cccnc1N. The summed E-state index contributed by atoms with van der Waals surface area (Å²) < 4.78 is 0. The van der Waals surface area contributed by atoms with Crippen LogP contribution in [0.2, 0.25) is 0 Å². The van der Waals surface area contributed by atoms with Gasteiger partial charge in [0.05, 0.1) is 5.69 Å². The zero-order valence-corrected chi connectivity index (χ0v) is 9.90. The summed E-state index contributed by atoms with van der Waals surface area (Å²) in [6, 6.07) is 3.27. The molecule has 1 aromatic rings. The highest BCUT2D eigenvalue weighted by molar-refractivity contribution is 5.84. The number of nitrogens with one attached hydrogen (secondary N) is 1. The van der Waals surface area contributed by atoms with E-state index in [0.717, 1.165) is 0 Å². The lowest BCUT2D eigenvalue weighted by atomic mass is 10.2. The van der Waals surface area contributed by atoms with Crippen LogP contribution in [0.5, 0.6) is 0 Å². The lowest BCUT2D eigenvalue weighted by Gasteiger charge is -2.21. The van der Waals surface area contributed by atoms with Crippen LogP contribution in [-0.4, -0.2) is 35.4 Å². The van der Waals surface area contributed by atoms with E-state index in [9.17, 15) is 4.79 Å². The van der Waals surface area contributed by atoms with Crippen molar-refractivity contribution in [2.24, 2.45) is 0 Å². The predicted molar refractivity (Wildman–Crippen MR) is 65.0 cm³/mol. The highest BCUT2D eigenvalue weighted by Gasteiger charge is 2.16. The number of rotatable bonds is 4. The Morgan fingerprint density at radius 1 is 1.69 bits per heavy atom. The van der Waals surface area contributed by atoms with Gasteiger partial charge in [-0.1, -0.05) is 0 Å². The largest absolute Gasteiger partial charge is 0.382 e. The Morgan fingerprint density at radius 2 is 2.38 bits per heavy atom. The number of anilines is 2. The van der Waals surface area contributed by atoms with Crippen molar-refractivity contribution in [3.63, 3.8) is 0 Å². The Morgan fingerprint density at radius 3 is 2.94 bits per heavy atom. The zero-order chi connectivity index (χ0) is 12.1. The van der Waals surface area contributed by atoms with Crippen molar-refractivity contribution < 1.29 is 4.79 Å². The van der Waals surface area contributed by atoms with E-state index in [4.69, 9.17) is 5.73 Å². The van der Waals surface area contributed by atoms with Gasteiger partial charge in [-0.05, 0) is 26.0 Å². The zero-order valence-electron chi connectivity index (χ0n) is 9.90. The van der Waals surface area contributed by atoms with Crippen LogP contribution in [0.25, 0.3) is 0 Å². The van der Waals surface area contributed by atoms with Crippen LogP contribution in [0, 0.1) is 0 Å². The summed E-state index contributed by atoms with van der Waals surface area (Å²) in [5, 5.41) is 3.05. The molecule has 0 saturated carbocycles. The maximum Gasteiger partial charge on any atom is 0.244 e. The second-order valence-corrected chi connectivity index (χ2v) is 3.65. The molecule has 1 heterocycles. The molecular formula is C11H18N4O. The molecule has 16 heavy (non-hydrogen) atoms. The minimum absolute atomic E-state index is 0.0331. The molecule has 88 valence electrons. The van der Waals surface area contributed by atoms with Gasteiger partial charge in [-0.25, -0.2) is 4.98 Å². The Balaban J connectivity index is 2.68. The van der Waals surface area contributed by atoms with Gasteiger partial charge in [0.2, 0.25) is 5.91 Å². The average Bonchev–Trinajstić information content (AvgIpc) is 2.30. The third-order valence-electron chi connectivity index (χ3n) is 2.43. The van der Waals surface area contributed by atoms with Gasteiger partial charge in [-0.3, -0.25) is 4.79 Å². The van der Waals surface area contributed by atoms with Gasteiger partial charge in [0.15, 0.2) is 0 Å². The molecule has 0 bridgehead atoms. The number of nitrogens with two attached hydrogens (primary N) is 1. The summed E-state index contributed by atoms with van der Waals surface area (Å²) in [5.74, 6) is 0.437. The molecule has 0 aliphatic heterocycles. The summed E-state index contributed by atoms with van der Waals surface area (Å²) in [7, 11) is 1.77. The number of pyridine rings is 1. The molecule has 3 N–H and O–H groups in total. The summed E-state index contributed by atoms with van der Waals surface area (Å²) in [6.07, 6.45) is 1.62. The lowest BCUT2D eigenvalue weighted by molar-refractivity contribution is -0.130. The van der Waals surface area contributed by atoms with Gasteiger partial charge < -0.3 is 16.0 Å². The fourth-order valence-corrected chi connectivity index (χ4v) is 1.32. The number of nitrogen functional groups attached to an aromatic ring is 1. The third-order valence-corrected chi connectivity index (χ3v) is 2.43. The van der Waals surface area contributed by atoms with E-state index in [-0.39, 0.29) is 11.9 Å². The van der Waals surface area contributed by atoms with E-state index >= 15 is 0 Å². The summed E-state index contributed by atoms with van der Waals surface area (Å²) in [6.45, 7) is 4.43. The molecule has 0 aliphatic carbocycles. The van der Waals surface area contributed by atoms with Crippen LogP contribution in [0.15, 0.2) is 18.3 Å². The van der Waals surface area contributed by atoms with Crippen molar-refractivity contribution in [2.75, 3.05) is 24.6 Å². The van der Waals surface area contributed by atoms with E-state index in [0.29, 0.717) is 18.1 Å². The first-order chi connectivity index (χ1) is 7.56. The molecule has 0 aliphatic rings. The van der Waals surface area contributed by atoms with E-state index in [1.807, 2.05) is 6.92 Å². The maximum atomic E-state index is 11.8. The van der Waals surface area contributed by atoms with Crippen molar-refractivity contribution in [3.8, 4) is 0 Å². The quantitative estimate of drug-likeness (QED) is 0.795. The highest BCUT2D eigenvalue weighted by Crippen LogP contribution is 2.15. The minimum Gasteiger partial charge on any atom is -0.382 e. The highest BCUT2D eigenvalue weighted by atomic mass is 16.2. The summed E-state index contributed by atoms with van der Waals surface area (Å²) in [5.41, 5.74) is 6.37. The van der Waals surface area contributed by atoms with Crippen molar-refractivity contribution in [1.29, 1.82) is 0 Å². The Kier molecular flexibility index (Phi) is 4.10. The number of carbonyl (C=O) groups is 1. The molecule has 1 amide bonds. The van der Waals surface area contributed by atoms with Crippen molar-refractivity contribution in [2.45, 2.75) is 19.9 Å². The van der Waals surface area contributed by atoms with Crippen LogP contribution in [0.4, 0.5) is 11.5 Å². The first-order valence-electron chi connectivity index (χ1n) is 5.28. The van der Waals surface area contributed by atoms with Gasteiger partial charge in [0, 0.05) is 19.8 Å². The first-order valence-corrected chi connectivity index (χ1v) is 5.28. The predicted octanol–water partition coefficient (Wildman–Crippen LogP) is 0.942. The standard InChI is InChI=1S/C11H18N4O/c1-4-15(3)11(16)8(2)14-9-6-5-7-13-10(9)12/h5-8,14H,4H2,1-3H3,(H2,12,13). The molecule has 5 nitrogen and oxygen atoms in total. The number of amides is 1. The number of carbonyl (C=O) groups excluding carboxylic acids is 1. The Labute approximate surface area is 95.7 Å². The number of aromatic nitrogens is 1. The van der Waals surface area contributed by atoms with Crippen LogP contribution in [0.1, 0.15) is 13.8 Å². The monoisotopic (exact) mass is 222 g/mol. The molecule has 0 aromatic carbocycles. The molecule has 0 spiro atoms. The van der Waals surface area contributed by atoms with E-state index in [2.05, 4.69) is 10.3 Å². The molecular weight excluding hydrogens is 204 g/mol. The van der Waals surface area contributed by atoms with Crippen LogP contribution < -0.4 is 11.1 Å². The fourth-order valence-electron chi connectivity index (χ4n) is 1.32. The number of likely N-dealkylation sites (N-methyl/N-ethyl adjacent to an activating group) is 1. The van der Waals surface area contributed by atoms with E-state index < -0.39 is 0 Å². The van der Waals surface area contributed by atoms with Gasteiger partial charge in [-0.15, -0.1) is 0 Å². The molecule has 1 rings (SSSR count). The van der Waals surface area contributed by atoms with E-state index in [1.54, 1.807) is 37.2 Å². The third kappa shape index (κ3) is 2.85.